The number of ether oxygens (including phenoxy) is 1. The van der Waals surface area contributed by atoms with E-state index in [1.165, 1.54) is 119 Å². The Hall–Kier alpha value is -10.2. The molecule has 1 unspecified atom stereocenters. The number of nitrogens with two attached hydrogens (primary N) is 1. The van der Waals surface area contributed by atoms with Crippen molar-refractivity contribution in [3.05, 3.63) is 307 Å². The normalized spacial score (nSPS) is 15.7. The average Bonchev–Trinajstić information content (AvgIpc) is 0.981. The predicted octanol–water partition coefficient (Wildman–Crippen LogP) is 20.5. The third kappa shape index (κ3) is 29.5. The number of hydrogen-bond acceptors (Lipinski definition) is 19. The van der Waals surface area contributed by atoms with Gasteiger partial charge in [0, 0.05) is 89.7 Å². The molecule has 4 aliphatic rings. The molecule has 1 atom stereocenters. The highest BCUT2D eigenvalue weighted by molar-refractivity contribution is 8.06. The second-order valence-electron chi connectivity index (χ2n) is 33.3. The van der Waals surface area contributed by atoms with Gasteiger partial charge in [-0.2, -0.15) is 87.6 Å². The van der Waals surface area contributed by atoms with Crippen LogP contribution in [0.15, 0.2) is 319 Å². The summed E-state index contributed by atoms with van der Waals surface area (Å²) in [6.45, 7) is 10.0. The molecule has 4 aliphatic heterocycles. The van der Waals surface area contributed by atoms with Gasteiger partial charge in [0.1, 0.15) is 6.04 Å². The van der Waals surface area contributed by atoms with E-state index < -0.39 is 168 Å². The van der Waals surface area contributed by atoms with Crippen LogP contribution in [0.25, 0.3) is 0 Å². The molecule has 0 aromatic heterocycles. The molecule has 0 aliphatic carbocycles. The first-order valence-corrected chi connectivity index (χ1v) is 56.1. The van der Waals surface area contributed by atoms with Crippen molar-refractivity contribution in [1.82, 2.24) is 26.7 Å². The van der Waals surface area contributed by atoms with Gasteiger partial charge in [0.15, 0.2) is 29.4 Å². The van der Waals surface area contributed by atoms with Crippen LogP contribution >= 0.6 is 0 Å². The van der Waals surface area contributed by atoms with Gasteiger partial charge in [-0.15, -0.1) is 0 Å². The number of rotatable bonds is 31. The lowest BCUT2D eigenvalue weighted by molar-refractivity contribution is -0.245. The fraction of sp³-hybridized carbons (Fsp3) is 0.361. The largest absolute Gasteiger partial charge is 0.512 e. The first-order valence-electron chi connectivity index (χ1n) is 44.9. The molecule has 10 aromatic carbocycles. The van der Waals surface area contributed by atoms with E-state index in [-0.39, 0.29) is 52.2 Å². The first kappa shape index (κ1) is 121. The second-order valence-corrected chi connectivity index (χ2v) is 48.6. The lowest BCUT2D eigenvalue weighted by atomic mass is 9.93. The van der Waals surface area contributed by atoms with Gasteiger partial charge in [0.25, 0.3) is 40.1 Å². The molecule has 0 bridgehead atoms. The smallest absolute Gasteiger partial charge is 0.464 e. The van der Waals surface area contributed by atoms with Gasteiger partial charge in [-0.1, -0.05) is 257 Å². The summed E-state index contributed by atoms with van der Waals surface area (Å²) in [5.74, 6) is -14.6. The number of piperazine rings is 2. The zero-order valence-electron chi connectivity index (χ0n) is 79.4. The number of hydrogen-bond donors (Lipinski definition) is 3. The number of nitrogens with one attached hydrogen (secondary N) is 2. The van der Waals surface area contributed by atoms with Crippen molar-refractivity contribution in [3.63, 3.8) is 0 Å². The predicted molar refractivity (Wildman–Crippen MR) is 526 cm³/mol. The quantitative estimate of drug-likeness (QED) is 0.0157. The molecule has 4 heterocycles. The summed E-state index contributed by atoms with van der Waals surface area (Å²) in [5.41, 5.74) is 2.58. The summed E-state index contributed by atoms with van der Waals surface area (Å²) in [6, 6.07) is 99.2. The van der Waals surface area contributed by atoms with Crippen molar-refractivity contribution >= 4 is 111 Å². The number of alkyl halides is 18. The van der Waals surface area contributed by atoms with Crippen LogP contribution in [-0.4, -0.2) is 210 Å². The van der Waals surface area contributed by atoms with E-state index in [9.17, 15) is 134 Å². The summed E-state index contributed by atoms with van der Waals surface area (Å²) in [4.78, 5) is 29.4. The lowest BCUT2D eigenvalue weighted by Gasteiger charge is -2.39. The molecular weight excluding hydrogens is 2110 g/mol. The SMILES string of the molecule is CC(C)c1cccc(C(C)C)c1N.CCCCN(CCCC)c1ccccc1.CN1CCN(S(=O)(=O)C(F)(F)C(F)(F)C(F)(F)S(=O)(=O)NS(=O)(=O)C(F)(F)F)CC1.O=C1OCCC1N1CCN(S(=O)(=O)C(F)(F)C(F)(F)C(F)(F)S(=O)(=O)NS(=O)(=O)C(F)(F)F)CC1.c1ccc(C2=Nc3ccccc3C2)cc1.c1ccc([S+](c2ccccc2)c2ccccc2)cc1.c1ccc([S+](c2ccccc2)c2ccccc2)cc1. The molecule has 49 heteroatoms. The molecule has 3 fully saturated rings. The number of cyclic esters (lactones) is 1. The highest BCUT2D eigenvalue weighted by atomic mass is 32.3. The number of benzene rings is 10. The van der Waals surface area contributed by atoms with Crippen LogP contribution < -0.4 is 18.9 Å². The van der Waals surface area contributed by atoms with Crippen molar-refractivity contribution in [3.8, 4) is 0 Å². The Balaban J connectivity index is 0.000000213. The summed E-state index contributed by atoms with van der Waals surface area (Å²) < 4.78 is 379. The van der Waals surface area contributed by atoms with Crippen molar-refractivity contribution in [2.45, 2.75) is 171 Å². The number of aliphatic imine (C=N–C) groups is 1. The van der Waals surface area contributed by atoms with Gasteiger partial charge in [-0.3, -0.25) is 14.7 Å². The molecular formula is C97H109F18N9O14S8+2. The average molecular weight is 2220 g/mol. The van der Waals surface area contributed by atoms with E-state index in [2.05, 4.69) is 329 Å². The number of nitrogen functional groups attached to an aromatic ring is 1. The molecule has 798 valence electrons. The van der Waals surface area contributed by atoms with Crippen LogP contribution in [0.5, 0.6) is 0 Å². The van der Waals surface area contributed by atoms with Crippen LogP contribution in [0.2, 0.25) is 0 Å². The third-order valence-corrected chi connectivity index (χ3v) is 37.2. The van der Waals surface area contributed by atoms with E-state index in [0.717, 1.165) is 17.8 Å². The Labute approximate surface area is 844 Å². The number of unbranched alkanes of at least 4 members (excludes halogenated alkanes) is 2. The molecule has 4 N–H and O–H groups in total. The number of likely N-dealkylation sites (N-methyl/N-ethyl adjacent to an activating group) is 1. The van der Waals surface area contributed by atoms with Gasteiger partial charge in [-0.25, -0.2) is 50.5 Å². The van der Waals surface area contributed by atoms with Crippen LogP contribution in [0.4, 0.5) is 96.1 Å². The van der Waals surface area contributed by atoms with Gasteiger partial charge in [0.2, 0.25) is 0 Å². The maximum atomic E-state index is 14.3. The Morgan fingerprint density at radius 1 is 0.397 bits per heavy atom. The third-order valence-electron chi connectivity index (χ3n) is 22.3. The zero-order chi connectivity index (χ0) is 109. The van der Waals surface area contributed by atoms with Gasteiger partial charge >= 0.3 is 69.9 Å². The molecule has 10 aromatic rings. The monoisotopic (exact) mass is 2220 g/mol. The number of sulfonamides is 6. The van der Waals surface area contributed by atoms with Gasteiger partial charge in [0.05, 0.1) is 39.8 Å². The Morgan fingerprint density at radius 3 is 0.993 bits per heavy atom. The van der Waals surface area contributed by atoms with Crippen LogP contribution in [0.3, 0.4) is 0 Å². The first-order chi connectivity index (χ1) is 68.1. The van der Waals surface area contributed by atoms with Crippen molar-refractivity contribution in [1.29, 1.82) is 0 Å². The molecule has 0 radical (unpaired) electrons. The molecule has 0 saturated carbocycles. The summed E-state index contributed by atoms with van der Waals surface area (Å²) in [7, 11) is -42.3. The van der Waals surface area contributed by atoms with Gasteiger partial charge in [-0.05, 0) is 145 Å². The van der Waals surface area contributed by atoms with Crippen molar-refractivity contribution in [2.75, 3.05) is 89.7 Å². The Bertz CT molecular complexity index is 6280. The van der Waals surface area contributed by atoms with Gasteiger partial charge < -0.3 is 20.3 Å². The number of carbonyl (C=O) groups is 1. The number of carbonyl (C=O) groups excluding carboxylic acids is 1. The van der Waals surface area contributed by atoms with Crippen molar-refractivity contribution in [2.24, 2.45) is 4.99 Å². The number of fused-ring (bicyclic) bond motifs is 1. The molecule has 3 saturated heterocycles. The maximum absolute atomic E-state index is 14.3. The lowest BCUT2D eigenvalue weighted by Crippen LogP contribution is -2.66. The molecule has 23 nitrogen and oxygen atoms in total. The fourth-order valence-electron chi connectivity index (χ4n) is 14.3. The summed E-state index contributed by atoms with van der Waals surface area (Å²) >= 11 is 0. The van der Waals surface area contributed by atoms with Crippen LogP contribution in [0.1, 0.15) is 108 Å². The van der Waals surface area contributed by atoms with E-state index in [1.54, 1.807) is 0 Å². The summed E-state index contributed by atoms with van der Waals surface area (Å²) in [5, 5.41) is -28.5. The Kier molecular flexibility index (Phi) is 42.6. The number of nitrogens with zero attached hydrogens (tertiary/aromatic N) is 6. The van der Waals surface area contributed by atoms with Crippen molar-refractivity contribution < 1.29 is 139 Å². The number of anilines is 2. The number of esters is 1. The molecule has 14 rings (SSSR count). The van der Waals surface area contributed by atoms with E-state index >= 15 is 0 Å². The minimum Gasteiger partial charge on any atom is -0.464 e. The molecule has 0 amide bonds. The second kappa shape index (κ2) is 51.4. The zero-order valence-corrected chi connectivity index (χ0v) is 86.0. The highest BCUT2D eigenvalue weighted by Crippen LogP contribution is 2.54. The maximum Gasteiger partial charge on any atom is 0.512 e. The van der Waals surface area contributed by atoms with E-state index in [0.29, 0.717) is 11.8 Å². The molecule has 146 heavy (non-hydrogen) atoms. The topological polar surface area (TPSA) is 310 Å². The fourth-order valence-corrected chi connectivity index (χ4v) is 26.3. The minimum absolute atomic E-state index is 0.0146. The molecule has 0 spiro atoms. The Morgan fingerprint density at radius 2 is 0.699 bits per heavy atom. The van der Waals surface area contributed by atoms with Crippen LogP contribution in [-0.2, 0) is 97.9 Å². The van der Waals surface area contributed by atoms with E-state index in [4.69, 9.17) is 5.73 Å². The van der Waals surface area contributed by atoms with Crippen LogP contribution in [0, 0.1) is 0 Å². The number of halogens is 18. The summed E-state index contributed by atoms with van der Waals surface area (Å²) in [6.07, 6.45) is 6.21. The highest BCUT2D eigenvalue weighted by Gasteiger charge is 2.85. The minimum atomic E-state index is -7.82. The standard InChI is InChI=1S/2C18H15S.C14H11N.C14H23N.C12H14F9N3O8S3.C12H19N.C9H12F9N3O6S3/c2*1-4-10-16(11-5-1)19(17-12-6-2-7-13-17)18-14-8-3-9-15-18;1-2-6-11(7-3-1)14-10-12-8-4-5-9-13(12)15-14;1-3-5-12-15(13-6-4-2)14-10-8-7-9-11-14;13-9(14,10(15,16)33(26,27)22-34(28,29)12(19,20)21)11(17,18)35(30,31)24-4-2-23(3-5-24)7-1-6-32-8(7)25;1-8(2)10-6-5-7-11(9(3)4)12(10)13;1-20-2-4-21(5-3-20)30(26,27)8(14,15)6(10,11)7(12,13)28(22,23)19-29(24,25)9(16,17)18/h2*1-15H;1-9H,10H2;7-11H,3-6,12-13H2,1-2H3;7,22H,1-6H2;5-9H,13H2,1-4H3;19H,2-5H2,1H3/q2*+1;;;;;. The number of para-hydroxylation sites is 3. The van der Waals surface area contributed by atoms with E-state index in [1.807, 2.05) is 12.1 Å².